The summed E-state index contributed by atoms with van der Waals surface area (Å²) in [5.41, 5.74) is 0. The second-order valence-corrected chi connectivity index (χ2v) is 34.7. The standard InChI is InChI=1S/C24H46O5Si6/c1-30(2,3)25-31(4,5)26-32(6,7)27-33(8,9)28-34(10,11)29-35(12,23-19-15-13-16-20-23)24-21-17-14-18-22-24/h13-22H,1-12H3. The van der Waals surface area contributed by atoms with Gasteiger partial charge in [-0.3, -0.25) is 0 Å². The Labute approximate surface area is 220 Å². The van der Waals surface area contributed by atoms with Crippen molar-refractivity contribution in [3.05, 3.63) is 60.7 Å². The van der Waals surface area contributed by atoms with Crippen LogP contribution in [0.25, 0.3) is 0 Å². The first-order valence-electron chi connectivity index (χ1n) is 12.4. The molecule has 35 heavy (non-hydrogen) atoms. The molecule has 0 saturated carbocycles. The molecule has 5 nitrogen and oxygen atoms in total. The molecule has 0 fully saturated rings. The Morgan fingerprint density at radius 3 is 0.971 bits per heavy atom. The summed E-state index contributed by atoms with van der Waals surface area (Å²) in [6.07, 6.45) is 0. The molecule has 11 heteroatoms. The smallest absolute Gasteiger partial charge is 0.314 e. The Hall–Kier alpha value is -0.459. The van der Waals surface area contributed by atoms with E-state index in [-0.39, 0.29) is 0 Å². The van der Waals surface area contributed by atoms with Crippen LogP contribution in [0.2, 0.25) is 78.6 Å². The predicted octanol–water partition coefficient (Wildman–Crippen LogP) is 6.10. The van der Waals surface area contributed by atoms with Crippen LogP contribution in [-0.4, -0.2) is 50.9 Å². The third-order valence-electron chi connectivity index (χ3n) is 5.13. The van der Waals surface area contributed by atoms with Crippen molar-refractivity contribution in [1.82, 2.24) is 0 Å². The van der Waals surface area contributed by atoms with Gasteiger partial charge in [-0.05, 0) is 88.9 Å². The molecule has 0 aliphatic heterocycles. The van der Waals surface area contributed by atoms with Gasteiger partial charge in [0.2, 0.25) is 8.32 Å². The minimum Gasteiger partial charge on any atom is -0.437 e. The first kappa shape index (κ1) is 30.8. The van der Waals surface area contributed by atoms with Crippen molar-refractivity contribution in [2.75, 3.05) is 0 Å². The Balaban J connectivity index is 2.23. The van der Waals surface area contributed by atoms with E-state index >= 15 is 0 Å². The van der Waals surface area contributed by atoms with Crippen LogP contribution in [-0.2, 0) is 20.6 Å². The normalized spacial score (nSPS) is 14.3. The molecule has 196 valence electrons. The van der Waals surface area contributed by atoms with Crippen LogP contribution < -0.4 is 10.4 Å². The van der Waals surface area contributed by atoms with Crippen LogP contribution in [0, 0.1) is 0 Å². The lowest BCUT2D eigenvalue weighted by atomic mass is 10.4. The second kappa shape index (κ2) is 11.1. The molecular formula is C24H46O5Si6. The van der Waals surface area contributed by atoms with Crippen LogP contribution in [0.4, 0.5) is 0 Å². The summed E-state index contributed by atoms with van der Waals surface area (Å²) in [6, 6.07) is 21.2. The summed E-state index contributed by atoms with van der Waals surface area (Å²) >= 11 is 0. The number of rotatable bonds is 12. The summed E-state index contributed by atoms with van der Waals surface area (Å²) in [5, 5.41) is 2.48. The molecule has 2 rings (SSSR count). The first-order chi connectivity index (χ1) is 15.7. The fourth-order valence-corrected chi connectivity index (χ4v) is 34.0. The summed E-state index contributed by atoms with van der Waals surface area (Å²) in [6.45, 7) is 25.8. The van der Waals surface area contributed by atoms with Crippen molar-refractivity contribution >= 4 is 61.3 Å². The molecule has 2 aromatic rings. The number of hydrogen-bond acceptors (Lipinski definition) is 5. The summed E-state index contributed by atoms with van der Waals surface area (Å²) < 4.78 is 33.6. The molecule has 0 bridgehead atoms. The molecule has 0 aromatic heterocycles. The summed E-state index contributed by atoms with van der Waals surface area (Å²) in [7, 11) is -14.1. The van der Waals surface area contributed by atoms with Crippen LogP contribution in [0.1, 0.15) is 0 Å². The van der Waals surface area contributed by atoms with E-state index in [4.69, 9.17) is 20.6 Å². The van der Waals surface area contributed by atoms with E-state index in [0.717, 1.165) is 0 Å². The van der Waals surface area contributed by atoms with Crippen LogP contribution in [0.3, 0.4) is 0 Å². The summed E-state index contributed by atoms with van der Waals surface area (Å²) in [5.74, 6) is 0. The molecule has 0 aliphatic rings. The van der Waals surface area contributed by atoms with Crippen molar-refractivity contribution in [2.45, 2.75) is 78.6 Å². The highest BCUT2D eigenvalue weighted by atomic mass is 28.5. The van der Waals surface area contributed by atoms with Gasteiger partial charge in [-0.2, -0.15) is 0 Å². The van der Waals surface area contributed by atoms with Gasteiger partial charge < -0.3 is 20.6 Å². The largest absolute Gasteiger partial charge is 0.437 e. The van der Waals surface area contributed by atoms with E-state index in [2.05, 4.69) is 139 Å². The van der Waals surface area contributed by atoms with Crippen molar-refractivity contribution in [2.24, 2.45) is 0 Å². The topological polar surface area (TPSA) is 46.2 Å². The molecule has 0 unspecified atom stereocenters. The number of hydrogen-bond donors (Lipinski definition) is 0. The average Bonchev–Trinajstić information content (AvgIpc) is 2.63. The Bertz CT molecular complexity index is 906. The molecule has 0 N–H and O–H groups in total. The monoisotopic (exact) mass is 582 g/mol. The molecule has 0 aliphatic carbocycles. The molecular weight excluding hydrogens is 537 g/mol. The van der Waals surface area contributed by atoms with E-state index < -0.39 is 50.9 Å². The maximum absolute atomic E-state index is 7.09. The van der Waals surface area contributed by atoms with Crippen molar-refractivity contribution in [1.29, 1.82) is 0 Å². The zero-order chi connectivity index (χ0) is 26.8. The van der Waals surface area contributed by atoms with E-state index in [1.165, 1.54) is 10.4 Å². The quantitative estimate of drug-likeness (QED) is 0.283. The highest BCUT2D eigenvalue weighted by Gasteiger charge is 2.48. The molecule has 0 saturated heterocycles. The van der Waals surface area contributed by atoms with E-state index in [0.29, 0.717) is 0 Å². The minimum atomic E-state index is -2.58. The van der Waals surface area contributed by atoms with Gasteiger partial charge in [0.15, 0.2) is 8.32 Å². The molecule has 0 amide bonds. The molecule has 0 spiro atoms. The van der Waals surface area contributed by atoms with Gasteiger partial charge in [0.1, 0.15) is 0 Å². The minimum absolute atomic E-state index is 1.24. The zero-order valence-corrected chi connectivity index (χ0v) is 29.8. The van der Waals surface area contributed by atoms with Gasteiger partial charge in [-0.1, -0.05) is 60.7 Å². The number of benzene rings is 2. The predicted molar refractivity (Wildman–Crippen MR) is 162 cm³/mol. The van der Waals surface area contributed by atoms with Gasteiger partial charge in [-0.15, -0.1) is 0 Å². The van der Waals surface area contributed by atoms with Gasteiger partial charge in [0.25, 0.3) is 0 Å². The Kier molecular flexibility index (Phi) is 9.77. The maximum atomic E-state index is 7.09. The third kappa shape index (κ3) is 10.1. The van der Waals surface area contributed by atoms with Crippen LogP contribution in [0.15, 0.2) is 60.7 Å². The fourth-order valence-electron chi connectivity index (χ4n) is 4.88. The molecule has 0 radical (unpaired) electrons. The van der Waals surface area contributed by atoms with E-state index in [1.807, 2.05) is 0 Å². The zero-order valence-electron chi connectivity index (χ0n) is 23.8. The maximum Gasteiger partial charge on any atom is 0.314 e. The lowest BCUT2D eigenvalue weighted by Crippen LogP contribution is -2.65. The van der Waals surface area contributed by atoms with Gasteiger partial charge in [0.05, 0.1) is 0 Å². The average molecular weight is 583 g/mol. The van der Waals surface area contributed by atoms with Crippen LogP contribution >= 0.6 is 0 Å². The summed E-state index contributed by atoms with van der Waals surface area (Å²) in [4.78, 5) is 0. The Morgan fingerprint density at radius 2 is 0.657 bits per heavy atom. The molecule has 2 aromatic carbocycles. The SMILES string of the molecule is C[Si](C)(C)O[Si](C)(C)O[Si](C)(C)O[Si](C)(C)O[Si](C)(C)O[Si](C)(c1ccccc1)c1ccccc1. The van der Waals surface area contributed by atoms with Gasteiger partial charge in [0, 0.05) is 0 Å². The van der Waals surface area contributed by atoms with E-state index in [1.54, 1.807) is 0 Å². The fraction of sp³-hybridized carbons (Fsp3) is 0.500. The first-order valence-corrected chi connectivity index (χ1v) is 29.4. The third-order valence-corrected chi connectivity index (χ3v) is 27.8. The van der Waals surface area contributed by atoms with E-state index in [9.17, 15) is 0 Å². The lowest BCUT2D eigenvalue weighted by molar-refractivity contribution is 0.283. The Morgan fingerprint density at radius 1 is 0.371 bits per heavy atom. The van der Waals surface area contributed by atoms with Crippen molar-refractivity contribution in [3.8, 4) is 0 Å². The van der Waals surface area contributed by atoms with Crippen LogP contribution in [0.5, 0.6) is 0 Å². The van der Waals surface area contributed by atoms with Gasteiger partial charge >= 0.3 is 34.2 Å². The molecule has 0 heterocycles. The van der Waals surface area contributed by atoms with Crippen molar-refractivity contribution in [3.63, 3.8) is 0 Å². The molecule has 0 atom stereocenters. The van der Waals surface area contributed by atoms with Gasteiger partial charge in [-0.25, -0.2) is 0 Å². The lowest BCUT2D eigenvalue weighted by Gasteiger charge is -2.43. The van der Waals surface area contributed by atoms with Crippen molar-refractivity contribution < 1.29 is 20.6 Å². The highest BCUT2D eigenvalue weighted by molar-refractivity contribution is 7.01. The highest BCUT2D eigenvalue weighted by Crippen LogP contribution is 2.27. The second-order valence-electron chi connectivity index (χ2n) is 12.0.